The van der Waals surface area contributed by atoms with Crippen LogP contribution in [0.4, 0.5) is 21.9 Å². The van der Waals surface area contributed by atoms with Crippen molar-refractivity contribution >= 4 is 29.0 Å². The van der Waals surface area contributed by atoms with Crippen LogP contribution in [0.2, 0.25) is 0 Å². The molecule has 0 aliphatic heterocycles. The van der Waals surface area contributed by atoms with E-state index >= 15 is 0 Å². The zero-order valence-electron chi connectivity index (χ0n) is 14.4. The lowest BCUT2D eigenvalue weighted by atomic mass is 9.98. The number of benzene rings is 2. The second-order valence-corrected chi connectivity index (χ2v) is 6.03. The van der Waals surface area contributed by atoms with Crippen LogP contribution < -0.4 is 16.0 Å². The average molecular weight is 325 g/mol. The quantitative estimate of drug-likeness (QED) is 0.761. The Morgan fingerprint density at radius 3 is 2.00 bits per heavy atom. The normalized spacial score (nSPS) is 10.4. The van der Waals surface area contributed by atoms with Gasteiger partial charge >= 0.3 is 6.03 Å². The number of carbonyl (C=O) groups is 2. The molecule has 0 unspecified atom stereocenters. The minimum absolute atomic E-state index is 0.130. The van der Waals surface area contributed by atoms with E-state index in [2.05, 4.69) is 29.8 Å². The molecule has 24 heavy (non-hydrogen) atoms. The Kier molecular flexibility index (Phi) is 5.58. The van der Waals surface area contributed by atoms with Crippen molar-refractivity contribution in [1.82, 2.24) is 0 Å². The first-order chi connectivity index (χ1) is 11.4. The molecule has 0 aliphatic rings. The Bertz CT molecular complexity index is 737. The summed E-state index contributed by atoms with van der Waals surface area (Å²) in [6.07, 6.45) is 0. The first-order valence-corrected chi connectivity index (χ1v) is 7.92. The van der Waals surface area contributed by atoms with E-state index < -0.39 is 0 Å². The third-order valence-corrected chi connectivity index (χ3v) is 3.63. The number of carbonyl (C=O) groups excluding carboxylic acids is 2. The highest BCUT2D eigenvalue weighted by Crippen LogP contribution is 2.27. The first-order valence-electron chi connectivity index (χ1n) is 7.92. The van der Waals surface area contributed by atoms with Crippen LogP contribution in [-0.2, 0) is 4.79 Å². The fourth-order valence-electron chi connectivity index (χ4n) is 2.46. The molecule has 126 valence electrons. The monoisotopic (exact) mass is 325 g/mol. The molecule has 0 aliphatic carbocycles. The minimum atomic E-state index is -0.293. The summed E-state index contributed by atoms with van der Waals surface area (Å²) in [7, 11) is 0. The van der Waals surface area contributed by atoms with Crippen molar-refractivity contribution in [2.45, 2.75) is 33.6 Å². The fourth-order valence-corrected chi connectivity index (χ4v) is 2.46. The Morgan fingerprint density at radius 2 is 1.46 bits per heavy atom. The lowest BCUT2D eigenvalue weighted by Gasteiger charge is -2.17. The lowest BCUT2D eigenvalue weighted by molar-refractivity contribution is -0.114. The van der Waals surface area contributed by atoms with Crippen LogP contribution in [0.5, 0.6) is 0 Å². The standard InChI is InChI=1S/C19H23N3O2/c1-12(2)17-7-5-6-13(3)18(17)22-19(24)21-16-10-8-15(9-11-16)20-14(4)23/h5-12H,1-4H3,(H,20,23)(H2,21,22,24). The van der Waals surface area contributed by atoms with Gasteiger partial charge in [-0.05, 0) is 48.2 Å². The summed E-state index contributed by atoms with van der Waals surface area (Å²) in [6, 6.07) is 12.7. The van der Waals surface area contributed by atoms with E-state index in [4.69, 9.17) is 0 Å². The number of anilines is 3. The SMILES string of the molecule is CC(=O)Nc1ccc(NC(=O)Nc2c(C)cccc2C(C)C)cc1. The Balaban J connectivity index is 2.07. The molecule has 0 bridgehead atoms. The van der Waals surface area contributed by atoms with Gasteiger partial charge in [0.15, 0.2) is 0 Å². The highest BCUT2D eigenvalue weighted by molar-refractivity contribution is 6.01. The van der Waals surface area contributed by atoms with Gasteiger partial charge in [-0.3, -0.25) is 4.79 Å². The predicted molar refractivity (Wildman–Crippen MR) is 98.7 cm³/mol. The molecule has 0 saturated carbocycles. The number of nitrogens with one attached hydrogen (secondary N) is 3. The molecule has 5 heteroatoms. The Labute approximate surface area is 142 Å². The number of hydrogen-bond donors (Lipinski definition) is 3. The average Bonchev–Trinajstić information content (AvgIpc) is 2.50. The maximum Gasteiger partial charge on any atom is 0.323 e. The highest BCUT2D eigenvalue weighted by atomic mass is 16.2. The van der Waals surface area contributed by atoms with E-state index in [1.807, 2.05) is 25.1 Å². The van der Waals surface area contributed by atoms with Gasteiger partial charge in [0.25, 0.3) is 0 Å². The second kappa shape index (κ2) is 7.64. The first kappa shape index (κ1) is 17.5. The molecule has 0 fully saturated rings. The van der Waals surface area contributed by atoms with Crippen molar-refractivity contribution in [2.24, 2.45) is 0 Å². The van der Waals surface area contributed by atoms with Gasteiger partial charge in [0.1, 0.15) is 0 Å². The van der Waals surface area contributed by atoms with E-state index in [0.29, 0.717) is 17.3 Å². The second-order valence-electron chi connectivity index (χ2n) is 6.03. The summed E-state index contributed by atoms with van der Waals surface area (Å²) in [5.74, 6) is 0.186. The maximum absolute atomic E-state index is 12.3. The van der Waals surface area contributed by atoms with E-state index in [9.17, 15) is 9.59 Å². The van der Waals surface area contributed by atoms with E-state index in [1.54, 1.807) is 24.3 Å². The van der Waals surface area contributed by atoms with Crippen molar-refractivity contribution in [3.8, 4) is 0 Å². The molecule has 3 N–H and O–H groups in total. The molecule has 5 nitrogen and oxygen atoms in total. The van der Waals surface area contributed by atoms with Crippen LogP contribution in [-0.4, -0.2) is 11.9 Å². The zero-order chi connectivity index (χ0) is 17.7. The van der Waals surface area contributed by atoms with Gasteiger partial charge in [-0.2, -0.15) is 0 Å². The van der Waals surface area contributed by atoms with Crippen LogP contribution in [0.3, 0.4) is 0 Å². The molecule has 2 aromatic carbocycles. The maximum atomic E-state index is 12.3. The molecule has 0 atom stereocenters. The largest absolute Gasteiger partial charge is 0.326 e. The van der Waals surface area contributed by atoms with Crippen molar-refractivity contribution in [3.05, 3.63) is 53.6 Å². The van der Waals surface area contributed by atoms with E-state index in [-0.39, 0.29) is 11.9 Å². The minimum Gasteiger partial charge on any atom is -0.326 e. The van der Waals surface area contributed by atoms with Gasteiger partial charge in [0, 0.05) is 24.0 Å². The Hall–Kier alpha value is -2.82. The molecule has 2 rings (SSSR count). The van der Waals surface area contributed by atoms with Crippen LogP contribution in [0, 0.1) is 6.92 Å². The summed E-state index contributed by atoms with van der Waals surface area (Å²) in [6.45, 7) is 7.62. The summed E-state index contributed by atoms with van der Waals surface area (Å²) in [4.78, 5) is 23.3. The molecular weight excluding hydrogens is 302 g/mol. The number of aryl methyl sites for hydroxylation is 1. The summed E-state index contributed by atoms with van der Waals surface area (Å²) in [5, 5.41) is 8.42. The van der Waals surface area contributed by atoms with Crippen molar-refractivity contribution in [2.75, 3.05) is 16.0 Å². The van der Waals surface area contributed by atoms with Crippen molar-refractivity contribution in [1.29, 1.82) is 0 Å². The third-order valence-electron chi connectivity index (χ3n) is 3.63. The van der Waals surface area contributed by atoms with Gasteiger partial charge in [0.2, 0.25) is 5.91 Å². The van der Waals surface area contributed by atoms with Gasteiger partial charge in [0.05, 0.1) is 0 Å². The van der Waals surface area contributed by atoms with E-state index in [1.165, 1.54) is 6.92 Å². The molecule has 0 aromatic heterocycles. The number of hydrogen-bond acceptors (Lipinski definition) is 2. The number of rotatable bonds is 4. The fraction of sp³-hybridized carbons (Fsp3) is 0.263. The van der Waals surface area contributed by atoms with Gasteiger partial charge in [-0.1, -0.05) is 32.0 Å². The summed E-state index contributed by atoms with van der Waals surface area (Å²) < 4.78 is 0. The molecular formula is C19H23N3O2. The molecule has 0 saturated heterocycles. The van der Waals surface area contributed by atoms with Crippen LogP contribution in [0.1, 0.15) is 37.8 Å². The van der Waals surface area contributed by atoms with Crippen molar-refractivity contribution < 1.29 is 9.59 Å². The molecule has 3 amide bonds. The van der Waals surface area contributed by atoms with Crippen LogP contribution in [0.25, 0.3) is 0 Å². The van der Waals surface area contributed by atoms with Gasteiger partial charge in [-0.25, -0.2) is 4.79 Å². The number of amides is 3. The van der Waals surface area contributed by atoms with Gasteiger partial charge in [-0.15, -0.1) is 0 Å². The summed E-state index contributed by atoms with van der Waals surface area (Å²) >= 11 is 0. The molecule has 0 radical (unpaired) electrons. The Morgan fingerprint density at radius 1 is 0.875 bits per heavy atom. The zero-order valence-corrected chi connectivity index (χ0v) is 14.4. The van der Waals surface area contributed by atoms with Crippen LogP contribution >= 0.6 is 0 Å². The summed E-state index contributed by atoms with van der Waals surface area (Å²) in [5.41, 5.74) is 4.32. The van der Waals surface area contributed by atoms with Crippen molar-refractivity contribution in [3.63, 3.8) is 0 Å². The molecule has 0 spiro atoms. The van der Waals surface area contributed by atoms with E-state index in [0.717, 1.165) is 16.8 Å². The number of para-hydroxylation sites is 1. The molecule has 2 aromatic rings. The smallest absolute Gasteiger partial charge is 0.323 e. The highest BCUT2D eigenvalue weighted by Gasteiger charge is 2.12. The van der Waals surface area contributed by atoms with Gasteiger partial charge < -0.3 is 16.0 Å². The van der Waals surface area contributed by atoms with Crippen LogP contribution in [0.15, 0.2) is 42.5 Å². The third kappa shape index (κ3) is 4.59. The molecule has 0 heterocycles. The number of urea groups is 1. The topological polar surface area (TPSA) is 70.2 Å². The lowest BCUT2D eigenvalue weighted by Crippen LogP contribution is -2.21. The predicted octanol–water partition coefficient (Wildman–Crippen LogP) is 4.72.